The summed E-state index contributed by atoms with van der Waals surface area (Å²) in [6.45, 7) is 5.88. The van der Waals surface area contributed by atoms with Gasteiger partial charge in [-0.05, 0) is 24.3 Å². The number of hydrogen-bond acceptors (Lipinski definition) is 4. The van der Waals surface area contributed by atoms with Gasteiger partial charge in [0.25, 0.3) is 15.0 Å². The summed E-state index contributed by atoms with van der Waals surface area (Å²) in [7, 11) is 1.54. The Bertz CT molecular complexity index is 610. The number of carbonyl (C=O) groups is 1. The highest BCUT2D eigenvalue weighted by molar-refractivity contribution is 8.15. The fourth-order valence-corrected chi connectivity index (χ4v) is 4.82. The number of nitrogens with zero attached hydrogens (tertiary/aromatic N) is 1. The molecule has 1 amide bonds. The molecule has 0 saturated carbocycles. The first kappa shape index (κ1) is 16.8. The van der Waals surface area contributed by atoms with Crippen LogP contribution in [0.5, 0.6) is 0 Å². The summed E-state index contributed by atoms with van der Waals surface area (Å²) in [5.41, 5.74) is 0.774. The number of halogens is 1. The fraction of sp³-hybridized carbons (Fsp3) is 0.643. The van der Waals surface area contributed by atoms with E-state index < -0.39 is 9.05 Å². The molecule has 1 aromatic heterocycles. The van der Waals surface area contributed by atoms with E-state index in [2.05, 4.69) is 13.8 Å². The van der Waals surface area contributed by atoms with Gasteiger partial charge in [0.15, 0.2) is 0 Å². The molecule has 0 spiro atoms. The number of piperidine rings is 1. The van der Waals surface area contributed by atoms with Gasteiger partial charge in [-0.1, -0.05) is 26.7 Å². The minimum absolute atomic E-state index is 0.0287. The molecule has 1 saturated heterocycles. The van der Waals surface area contributed by atoms with Crippen molar-refractivity contribution in [2.45, 2.75) is 43.7 Å². The second-order valence-electron chi connectivity index (χ2n) is 5.59. The van der Waals surface area contributed by atoms with Crippen LogP contribution in [-0.2, 0) is 9.05 Å². The Morgan fingerprint density at radius 1 is 1.33 bits per heavy atom. The van der Waals surface area contributed by atoms with E-state index in [9.17, 15) is 13.2 Å². The SMILES string of the molecule is CCC1(CC)CCN(C(=O)c2csc(S(=O)(=O)Cl)c2)CC1. The first-order valence-electron chi connectivity index (χ1n) is 7.14. The lowest BCUT2D eigenvalue weighted by Crippen LogP contribution is -2.42. The third-order valence-corrected chi connectivity index (χ3v) is 7.71. The van der Waals surface area contributed by atoms with Crippen molar-refractivity contribution < 1.29 is 13.2 Å². The molecule has 21 heavy (non-hydrogen) atoms. The minimum atomic E-state index is -3.75. The molecule has 0 N–H and O–H groups in total. The molecule has 4 nitrogen and oxygen atoms in total. The number of thiophene rings is 1. The van der Waals surface area contributed by atoms with Crippen LogP contribution >= 0.6 is 22.0 Å². The summed E-state index contributed by atoms with van der Waals surface area (Å²) in [5, 5.41) is 1.57. The molecule has 0 atom stereocenters. The Labute approximate surface area is 134 Å². The summed E-state index contributed by atoms with van der Waals surface area (Å²) in [6, 6.07) is 1.37. The third kappa shape index (κ3) is 3.60. The maximum Gasteiger partial charge on any atom is 0.270 e. The second-order valence-corrected chi connectivity index (χ2v) is 9.30. The molecular formula is C14H20ClNO3S2. The fourth-order valence-electron chi connectivity index (χ4n) is 2.88. The molecule has 2 rings (SSSR count). The number of hydrogen-bond donors (Lipinski definition) is 0. The summed E-state index contributed by atoms with van der Waals surface area (Å²) in [6.07, 6.45) is 4.30. The summed E-state index contributed by atoms with van der Waals surface area (Å²) >= 11 is 0.990. The van der Waals surface area contributed by atoms with E-state index in [-0.39, 0.29) is 10.1 Å². The molecule has 7 heteroatoms. The second kappa shape index (κ2) is 6.26. The zero-order chi connectivity index (χ0) is 15.7. The Morgan fingerprint density at radius 3 is 2.33 bits per heavy atom. The van der Waals surface area contributed by atoms with Crippen molar-refractivity contribution in [3.63, 3.8) is 0 Å². The summed E-state index contributed by atoms with van der Waals surface area (Å²) in [4.78, 5) is 14.2. The topological polar surface area (TPSA) is 54.5 Å². The smallest absolute Gasteiger partial charge is 0.270 e. The van der Waals surface area contributed by atoms with Gasteiger partial charge in [-0.15, -0.1) is 11.3 Å². The highest BCUT2D eigenvalue weighted by atomic mass is 35.7. The zero-order valence-corrected chi connectivity index (χ0v) is 14.7. The van der Waals surface area contributed by atoms with Crippen LogP contribution in [0.25, 0.3) is 0 Å². The normalized spacial score (nSPS) is 18.7. The van der Waals surface area contributed by atoms with E-state index in [4.69, 9.17) is 10.7 Å². The van der Waals surface area contributed by atoms with Crippen LogP contribution in [0.3, 0.4) is 0 Å². The molecule has 2 heterocycles. The quantitative estimate of drug-likeness (QED) is 0.778. The predicted molar refractivity (Wildman–Crippen MR) is 85.5 cm³/mol. The predicted octanol–water partition coefficient (Wildman–Crippen LogP) is 3.72. The van der Waals surface area contributed by atoms with Gasteiger partial charge in [0.05, 0.1) is 5.56 Å². The van der Waals surface area contributed by atoms with Crippen LogP contribution in [0, 0.1) is 5.41 Å². The first-order valence-corrected chi connectivity index (χ1v) is 10.3. The Morgan fingerprint density at radius 2 is 1.90 bits per heavy atom. The molecule has 0 bridgehead atoms. The van der Waals surface area contributed by atoms with Crippen molar-refractivity contribution in [1.29, 1.82) is 0 Å². The van der Waals surface area contributed by atoms with E-state index in [1.54, 1.807) is 5.38 Å². The first-order chi connectivity index (χ1) is 9.81. The molecule has 1 aliphatic heterocycles. The van der Waals surface area contributed by atoms with Crippen molar-refractivity contribution in [3.8, 4) is 0 Å². The van der Waals surface area contributed by atoms with Crippen LogP contribution in [0.4, 0.5) is 0 Å². The Kier molecular flexibility index (Phi) is 5.00. The van der Waals surface area contributed by atoms with Crippen molar-refractivity contribution in [1.82, 2.24) is 4.90 Å². The van der Waals surface area contributed by atoms with Gasteiger partial charge in [0.1, 0.15) is 4.21 Å². The zero-order valence-electron chi connectivity index (χ0n) is 12.3. The van der Waals surface area contributed by atoms with Gasteiger partial charge < -0.3 is 4.90 Å². The van der Waals surface area contributed by atoms with Gasteiger partial charge in [-0.25, -0.2) is 8.42 Å². The van der Waals surface area contributed by atoms with Gasteiger partial charge >= 0.3 is 0 Å². The standard InChI is InChI=1S/C14H20ClNO3S2/c1-3-14(4-2)5-7-16(8-6-14)13(17)11-9-12(20-10-11)21(15,18)19/h9-10H,3-8H2,1-2H3. The van der Waals surface area contributed by atoms with Crippen LogP contribution in [-0.4, -0.2) is 32.3 Å². The highest BCUT2D eigenvalue weighted by Gasteiger charge is 2.33. The van der Waals surface area contributed by atoms with Gasteiger partial charge in [-0.2, -0.15) is 0 Å². The average Bonchev–Trinajstić information content (AvgIpc) is 2.96. The van der Waals surface area contributed by atoms with E-state index in [0.717, 1.165) is 50.1 Å². The molecule has 1 aliphatic rings. The molecular weight excluding hydrogens is 330 g/mol. The lowest BCUT2D eigenvalue weighted by Gasteiger charge is -2.41. The average molecular weight is 350 g/mol. The van der Waals surface area contributed by atoms with E-state index in [1.807, 2.05) is 4.90 Å². The lowest BCUT2D eigenvalue weighted by atomic mass is 9.74. The minimum Gasteiger partial charge on any atom is -0.339 e. The monoisotopic (exact) mass is 349 g/mol. The lowest BCUT2D eigenvalue weighted by molar-refractivity contribution is 0.0558. The molecule has 0 aromatic carbocycles. The van der Waals surface area contributed by atoms with E-state index >= 15 is 0 Å². The van der Waals surface area contributed by atoms with E-state index in [1.165, 1.54) is 6.07 Å². The maximum absolute atomic E-state index is 12.4. The van der Waals surface area contributed by atoms with Crippen LogP contribution in [0.1, 0.15) is 49.9 Å². The summed E-state index contributed by atoms with van der Waals surface area (Å²) in [5.74, 6) is -0.0985. The molecule has 1 aromatic rings. The molecule has 0 radical (unpaired) electrons. The Balaban J connectivity index is 2.07. The number of rotatable bonds is 4. The molecule has 0 unspecified atom stereocenters. The Hall–Kier alpha value is -0.590. The van der Waals surface area contributed by atoms with Gasteiger partial charge in [-0.3, -0.25) is 4.79 Å². The number of likely N-dealkylation sites (tertiary alicyclic amines) is 1. The van der Waals surface area contributed by atoms with E-state index in [0.29, 0.717) is 11.0 Å². The largest absolute Gasteiger partial charge is 0.339 e. The van der Waals surface area contributed by atoms with Crippen LogP contribution in [0.2, 0.25) is 0 Å². The number of amides is 1. The number of carbonyl (C=O) groups excluding carboxylic acids is 1. The van der Waals surface area contributed by atoms with Gasteiger partial charge in [0, 0.05) is 29.2 Å². The van der Waals surface area contributed by atoms with Crippen molar-refractivity contribution in [3.05, 3.63) is 17.0 Å². The summed E-state index contributed by atoms with van der Waals surface area (Å²) < 4.78 is 22.5. The maximum atomic E-state index is 12.4. The van der Waals surface area contributed by atoms with Crippen LogP contribution < -0.4 is 0 Å². The molecule has 1 fully saturated rings. The third-order valence-electron chi connectivity index (χ3n) is 4.67. The van der Waals surface area contributed by atoms with Crippen molar-refractivity contribution in [2.24, 2.45) is 5.41 Å². The molecule has 118 valence electrons. The molecule has 0 aliphatic carbocycles. The van der Waals surface area contributed by atoms with Crippen molar-refractivity contribution in [2.75, 3.05) is 13.1 Å². The van der Waals surface area contributed by atoms with Crippen LogP contribution in [0.15, 0.2) is 15.7 Å². The van der Waals surface area contributed by atoms with Crippen molar-refractivity contribution >= 4 is 37.0 Å². The highest BCUT2D eigenvalue weighted by Crippen LogP contribution is 2.38. The van der Waals surface area contributed by atoms with Gasteiger partial charge in [0.2, 0.25) is 0 Å².